The molecule has 1 aromatic carbocycles. The zero-order valence-corrected chi connectivity index (χ0v) is 8.29. The third-order valence-corrected chi connectivity index (χ3v) is 2.32. The van der Waals surface area contributed by atoms with E-state index in [4.69, 9.17) is 5.73 Å². The Morgan fingerprint density at radius 1 is 1.31 bits per heavy atom. The standard InChI is InChI=1S/C11H15NO/c1-7-4-10(6-13)11(9(3)12)5-8(7)2/h4-6,9H,12H2,1-3H3. The Morgan fingerprint density at radius 2 is 1.85 bits per heavy atom. The highest BCUT2D eigenvalue weighted by molar-refractivity contribution is 5.78. The molecule has 1 atom stereocenters. The van der Waals surface area contributed by atoms with Gasteiger partial charge in [-0.25, -0.2) is 0 Å². The van der Waals surface area contributed by atoms with Gasteiger partial charge in [-0.05, 0) is 43.5 Å². The molecule has 2 N–H and O–H groups in total. The molecule has 2 nitrogen and oxygen atoms in total. The van der Waals surface area contributed by atoms with Crippen molar-refractivity contribution in [2.45, 2.75) is 26.8 Å². The Hall–Kier alpha value is -1.15. The predicted molar refractivity (Wildman–Crippen MR) is 53.9 cm³/mol. The fourth-order valence-corrected chi connectivity index (χ4v) is 1.36. The minimum atomic E-state index is -0.0838. The lowest BCUT2D eigenvalue weighted by Crippen LogP contribution is -2.09. The number of carbonyl (C=O) groups excluding carboxylic acids is 1. The van der Waals surface area contributed by atoms with Crippen LogP contribution in [-0.2, 0) is 0 Å². The molecule has 0 spiro atoms. The predicted octanol–water partition coefficient (Wildman–Crippen LogP) is 2.14. The number of aldehydes is 1. The molecule has 0 aliphatic heterocycles. The van der Waals surface area contributed by atoms with Gasteiger partial charge < -0.3 is 5.73 Å². The van der Waals surface area contributed by atoms with E-state index in [0.29, 0.717) is 5.56 Å². The summed E-state index contributed by atoms with van der Waals surface area (Å²) in [4.78, 5) is 10.7. The molecular weight excluding hydrogens is 162 g/mol. The first-order chi connectivity index (χ1) is 6.06. The molecule has 0 fully saturated rings. The van der Waals surface area contributed by atoms with E-state index < -0.39 is 0 Å². The monoisotopic (exact) mass is 177 g/mol. The first kappa shape index (κ1) is 9.93. The van der Waals surface area contributed by atoms with Gasteiger partial charge in [0.2, 0.25) is 0 Å². The maximum absolute atomic E-state index is 10.7. The van der Waals surface area contributed by atoms with Gasteiger partial charge in [-0.1, -0.05) is 6.07 Å². The van der Waals surface area contributed by atoms with Crippen LogP contribution in [0.15, 0.2) is 12.1 Å². The summed E-state index contributed by atoms with van der Waals surface area (Å²) >= 11 is 0. The molecule has 0 amide bonds. The van der Waals surface area contributed by atoms with E-state index >= 15 is 0 Å². The van der Waals surface area contributed by atoms with E-state index in [1.165, 1.54) is 5.56 Å². The minimum absolute atomic E-state index is 0.0838. The summed E-state index contributed by atoms with van der Waals surface area (Å²) in [5.74, 6) is 0. The van der Waals surface area contributed by atoms with Crippen molar-refractivity contribution in [3.63, 3.8) is 0 Å². The number of hydrogen-bond donors (Lipinski definition) is 1. The van der Waals surface area contributed by atoms with Gasteiger partial charge in [-0.2, -0.15) is 0 Å². The molecule has 13 heavy (non-hydrogen) atoms. The van der Waals surface area contributed by atoms with E-state index in [9.17, 15) is 4.79 Å². The first-order valence-electron chi connectivity index (χ1n) is 4.38. The highest BCUT2D eigenvalue weighted by Crippen LogP contribution is 2.19. The van der Waals surface area contributed by atoms with Gasteiger partial charge in [0.25, 0.3) is 0 Å². The number of aryl methyl sites for hydroxylation is 2. The SMILES string of the molecule is Cc1cc(C=O)c(C(C)N)cc1C. The molecule has 1 rings (SSSR count). The maximum Gasteiger partial charge on any atom is 0.150 e. The minimum Gasteiger partial charge on any atom is -0.324 e. The van der Waals surface area contributed by atoms with E-state index in [1.807, 2.05) is 32.9 Å². The smallest absolute Gasteiger partial charge is 0.150 e. The molecule has 0 aliphatic carbocycles. The lowest BCUT2D eigenvalue weighted by Gasteiger charge is -2.11. The van der Waals surface area contributed by atoms with Crippen LogP contribution in [0.1, 0.15) is 40.0 Å². The Morgan fingerprint density at radius 3 is 2.31 bits per heavy atom. The highest BCUT2D eigenvalue weighted by Gasteiger charge is 2.07. The third kappa shape index (κ3) is 1.95. The average molecular weight is 177 g/mol. The first-order valence-corrected chi connectivity index (χ1v) is 4.38. The van der Waals surface area contributed by atoms with Gasteiger partial charge in [-0.3, -0.25) is 4.79 Å². The molecule has 1 unspecified atom stereocenters. The molecule has 1 aromatic rings. The summed E-state index contributed by atoms with van der Waals surface area (Å²) in [6, 6.07) is 3.80. The lowest BCUT2D eigenvalue weighted by molar-refractivity contribution is 0.112. The molecule has 2 heteroatoms. The van der Waals surface area contributed by atoms with Crippen LogP contribution >= 0.6 is 0 Å². The zero-order valence-electron chi connectivity index (χ0n) is 8.29. The van der Waals surface area contributed by atoms with Crippen LogP contribution in [0.2, 0.25) is 0 Å². The van der Waals surface area contributed by atoms with Crippen molar-refractivity contribution in [1.82, 2.24) is 0 Å². The summed E-state index contributed by atoms with van der Waals surface area (Å²) in [5, 5.41) is 0. The summed E-state index contributed by atoms with van der Waals surface area (Å²) in [6.07, 6.45) is 0.866. The van der Waals surface area contributed by atoms with E-state index in [2.05, 4.69) is 0 Å². The van der Waals surface area contributed by atoms with Gasteiger partial charge in [0.1, 0.15) is 6.29 Å². The van der Waals surface area contributed by atoms with Gasteiger partial charge >= 0.3 is 0 Å². The second-order valence-corrected chi connectivity index (χ2v) is 3.47. The van der Waals surface area contributed by atoms with E-state index in [0.717, 1.165) is 17.4 Å². The fourth-order valence-electron chi connectivity index (χ4n) is 1.36. The Kier molecular flexibility index (Phi) is 2.83. The van der Waals surface area contributed by atoms with Crippen LogP contribution in [0.3, 0.4) is 0 Å². The van der Waals surface area contributed by atoms with Gasteiger partial charge in [0.15, 0.2) is 0 Å². The normalized spacial score (nSPS) is 12.6. The Bertz CT molecular complexity index is 329. The Balaban J connectivity index is 3.32. The zero-order chi connectivity index (χ0) is 10.0. The largest absolute Gasteiger partial charge is 0.324 e. The summed E-state index contributed by atoms with van der Waals surface area (Å²) < 4.78 is 0. The second-order valence-electron chi connectivity index (χ2n) is 3.47. The third-order valence-electron chi connectivity index (χ3n) is 2.32. The number of benzene rings is 1. The van der Waals surface area contributed by atoms with Crippen molar-refractivity contribution in [3.8, 4) is 0 Å². The summed E-state index contributed by atoms with van der Waals surface area (Å²) in [7, 11) is 0. The molecule has 0 saturated heterocycles. The van der Waals surface area contributed by atoms with Crippen molar-refractivity contribution in [2.75, 3.05) is 0 Å². The maximum atomic E-state index is 10.7. The topological polar surface area (TPSA) is 43.1 Å². The molecule has 0 saturated carbocycles. The number of carbonyl (C=O) groups is 1. The number of nitrogens with two attached hydrogens (primary N) is 1. The highest BCUT2D eigenvalue weighted by atomic mass is 16.1. The van der Waals surface area contributed by atoms with Gasteiger partial charge in [0, 0.05) is 11.6 Å². The van der Waals surface area contributed by atoms with Crippen LogP contribution in [-0.4, -0.2) is 6.29 Å². The van der Waals surface area contributed by atoms with E-state index in [1.54, 1.807) is 0 Å². The second kappa shape index (κ2) is 3.71. The molecule has 0 aromatic heterocycles. The molecule has 0 heterocycles. The van der Waals surface area contributed by atoms with Crippen molar-refractivity contribution < 1.29 is 4.79 Å². The van der Waals surface area contributed by atoms with Gasteiger partial charge in [-0.15, -0.1) is 0 Å². The lowest BCUT2D eigenvalue weighted by atomic mass is 9.97. The van der Waals surface area contributed by atoms with Crippen LogP contribution in [0.4, 0.5) is 0 Å². The molecule has 0 radical (unpaired) electrons. The Labute approximate surface area is 78.8 Å². The molecule has 0 aliphatic rings. The van der Waals surface area contributed by atoms with Crippen LogP contribution in [0, 0.1) is 13.8 Å². The van der Waals surface area contributed by atoms with Crippen LogP contribution in [0.5, 0.6) is 0 Å². The molecule has 70 valence electrons. The fraction of sp³-hybridized carbons (Fsp3) is 0.364. The van der Waals surface area contributed by atoms with Gasteiger partial charge in [0.05, 0.1) is 0 Å². The average Bonchev–Trinajstić information content (AvgIpc) is 2.08. The van der Waals surface area contributed by atoms with Crippen molar-refractivity contribution in [1.29, 1.82) is 0 Å². The summed E-state index contributed by atoms with van der Waals surface area (Å²) in [5.41, 5.74) is 9.70. The number of hydrogen-bond acceptors (Lipinski definition) is 2. The quantitative estimate of drug-likeness (QED) is 0.703. The molecule has 0 bridgehead atoms. The van der Waals surface area contributed by atoms with Crippen molar-refractivity contribution in [2.24, 2.45) is 5.73 Å². The van der Waals surface area contributed by atoms with E-state index in [-0.39, 0.29) is 6.04 Å². The van der Waals surface area contributed by atoms with Crippen LogP contribution in [0.25, 0.3) is 0 Å². The number of rotatable bonds is 2. The van der Waals surface area contributed by atoms with Crippen molar-refractivity contribution >= 4 is 6.29 Å². The molecular formula is C11H15NO. The van der Waals surface area contributed by atoms with Crippen LogP contribution < -0.4 is 5.73 Å². The van der Waals surface area contributed by atoms with Crippen molar-refractivity contribution in [3.05, 3.63) is 34.4 Å². The summed E-state index contributed by atoms with van der Waals surface area (Å²) in [6.45, 7) is 5.90.